The lowest BCUT2D eigenvalue weighted by Gasteiger charge is -2.11. The van der Waals surface area contributed by atoms with E-state index < -0.39 is 5.97 Å². The van der Waals surface area contributed by atoms with Crippen LogP contribution < -0.4 is 5.32 Å². The summed E-state index contributed by atoms with van der Waals surface area (Å²) < 4.78 is 0. The number of fused-ring (bicyclic) bond motifs is 1. The Balaban J connectivity index is 1.96. The van der Waals surface area contributed by atoms with Gasteiger partial charge in [-0.15, -0.1) is 0 Å². The van der Waals surface area contributed by atoms with Gasteiger partial charge in [0.15, 0.2) is 0 Å². The molecule has 0 saturated heterocycles. The van der Waals surface area contributed by atoms with Crippen molar-refractivity contribution < 1.29 is 15.0 Å². The van der Waals surface area contributed by atoms with E-state index in [0.29, 0.717) is 5.75 Å². The number of aryl methyl sites for hydroxylation is 1. The lowest BCUT2D eigenvalue weighted by Crippen LogP contribution is -1.96. The second-order valence-corrected chi connectivity index (χ2v) is 5.61. The first-order chi connectivity index (χ1) is 11.0. The van der Waals surface area contributed by atoms with Crippen LogP contribution in [0.2, 0.25) is 0 Å². The number of hydrogen-bond acceptors (Lipinski definition) is 3. The highest BCUT2D eigenvalue weighted by Crippen LogP contribution is 2.33. The Labute approximate surface area is 134 Å². The fraction of sp³-hybridized carbons (Fsp3) is 0.105. The van der Waals surface area contributed by atoms with Crippen LogP contribution in [0.15, 0.2) is 48.5 Å². The first-order valence-corrected chi connectivity index (χ1v) is 7.29. The number of carboxylic acid groups (broad SMARTS) is 1. The Hall–Kier alpha value is -3.01. The normalized spacial score (nSPS) is 10.7. The van der Waals surface area contributed by atoms with Crippen molar-refractivity contribution in [1.82, 2.24) is 0 Å². The second kappa shape index (κ2) is 5.65. The van der Waals surface area contributed by atoms with Crippen molar-refractivity contribution in [2.75, 3.05) is 5.32 Å². The molecule has 0 heterocycles. The molecule has 3 aromatic carbocycles. The quantitative estimate of drug-likeness (QED) is 0.661. The summed E-state index contributed by atoms with van der Waals surface area (Å²) in [4.78, 5) is 10.9. The molecule has 4 heteroatoms. The highest BCUT2D eigenvalue weighted by atomic mass is 16.4. The van der Waals surface area contributed by atoms with E-state index in [1.165, 1.54) is 0 Å². The van der Waals surface area contributed by atoms with Gasteiger partial charge in [0.25, 0.3) is 0 Å². The minimum atomic E-state index is -0.946. The van der Waals surface area contributed by atoms with Crippen LogP contribution in [0.4, 0.5) is 11.4 Å². The predicted octanol–water partition coefficient (Wildman–Crippen LogP) is 4.60. The minimum Gasteiger partial charge on any atom is -0.507 e. The van der Waals surface area contributed by atoms with E-state index in [2.05, 4.69) is 11.4 Å². The molecule has 23 heavy (non-hydrogen) atoms. The number of phenols is 1. The van der Waals surface area contributed by atoms with E-state index in [-0.39, 0.29) is 5.56 Å². The van der Waals surface area contributed by atoms with Crippen LogP contribution in [0.5, 0.6) is 5.75 Å². The Morgan fingerprint density at radius 1 is 0.957 bits per heavy atom. The van der Waals surface area contributed by atoms with Crippen molar-refractivity contribution in [3.63, 3.8) is 0 Å². The van der Waals surface area contributed by atoms with Gasteiger partial charge in [-0.3, -0.25) is 0 Å². The van der Waals surface area contributed by atoms with Gasteiger partial charge < -0.3 is 15.5 Å². The maximum atomic E-state index is 10.9. The van der Waals surface area contributed by atoms with Crippen molar-refractivity contribution >= 4 is 28.1 Å². The second-order valence-electron chi connectivity index (χ2n) is 5.61. The molecule has 3 rings (SSSR count). The van der Waals surface area contributed by atoms with Crippen molar-refractivity contribution in [2.45, 2.75) is 13.8 Å². The molecule has 0 unspecified atom stereocenters. The number of anilines is 2. The van der Waals surface area contributed by atoms with Gasteiger partial charge in [0.1, 0.15) is 5.75 Å². The number of carbonyl (C=O) groups is 1. The molecule has 3 N–H and O–H groups in total. The van der Waals surface area contributed by atoms with Gasteiger partial charge in [-0.1, -0.05) is 12.1 Å². The van der Waals surface area contributed by atoms with Crippen LogP contribution in [0, 0.1) is 13.8 Å². The summed E-state index contributed by atoms with van der Waals surface area (Å²) in [7, 11) is 0. The van der Waals surface area contributed by atoms with Crippen LogP contribution in [-0.2, 0) is 0 Å². The Kier molecular flexibility index (Phi) is 3.66. The molecule has 0 aliphatic rings. The minimum absolute atomic E-state index is 0.248. The van der Waals surface area contributed by atoms with Crippen molar-refractivity contribution in [3.8, 4) is 5.75 Å². The summed E-state index contributed by atoms with van der Waals surface area (Å²) in [5.41, 5.74) is 3.80. The summed E-state index contributed by atoms with van der Waals surface area (Å²) in [6.45, 7) is 3.87. The van der Waals surface area contributed by atoms with Crippen molar-refractivity contribution in [1.29, 1.82) is 0 Å². The number of nitrogens with one attached hydrogen (secondary N) is 1. The number of carboxylic acids is 1. The van der Waals surface area contributed by atoms with Crippen LogP contribution in [0.25, 0.3) is 10.8 Å². The van der Waals surface area contributed by atoms with Crippen LogP contribution in [-0.4, -0.2) is 16.2 Å². The third-order valence-electron chi connectivity index (χ3n) is 4.05. The molecule has 0 atom stereocenters. The summed E-state index contributed by atoms with van der Waals surface area (Å²) in [6.07, 6.45) is 0. The maximum absolute atomic E-state index is 10.9. The summed E-state index contributed by atoms with van der Waals surface area (Å²) >= 11 is 0. The molecule has 0 saturated carbocycles. The molecular formula is C19H17NO3. The van der Waals surface area contributed by atoms with E-state index in [9.17, 15) is 9.90 Å². The van der Waals surface area contributed by atoms with Crippen molar-refractivity contribution in [2.24, 2.45) is 0 Å². The zero-order chi connectivity index (χ0) is 16.6. The third-order valence-corrected chi connectivity index (χ3v) is 4.05. The number of benzene rings is 3. The molecule has 0 bridgehead atoms. The molecule has 4 nitrogen and oxygen atoms in total. The van der Waals surface area contributed by atoms with Gasteiger partial charge >= 0.3 is 5.97 Å². The topological polar surface area (TPSA) is 69.6 Å². The maximum Gasteiger partial charge on any atom is 0.335 e. The standard InChI is InChI=1S/C19H17NO3/c1-11-9-14-5-8-16(10-17(14)18(21)12(11)2)20-15-6-3-13(4-7-15)19(22)23/h3-10,20-21H,1-2H3,(H,22,23). The lowest BCUT2D eigenvalue weighted by molar-refractivity contribution is 0.0697. The largest absolute Gasteiger partial charge is 0.507 e. The molecule has 0 aliphatic heterocycles. The van der Waals surface area contributed by atoms with Gasteiger partial charge in [0.05, 0.1) is 5.56 Å². The number of aromatic hydroxyl groups is 1. The molecule has 0 radical (unpaired) electrons. The number of hydrogen-bond donors (Lipinski definition) is 3. The molecular weight excluding hydrogens is 290 g/mol. The van der Waals surface area contributed by atoms with Gasteiger partial charge in [-0.25, -0.2) is 4.79 Å². The lowest BCUT2D eigenvalue weighted by atomic mass is 10.0. The SMILES string of the molecule is Cc1cc2ccc(Nc3ccc(C(=O)O)cc3)cc2c(O)c1C. The van der Waals surface area contributed by atoms with Crippen LogP contribution in [0.1, 0.15) is 21.5 Å². The summed E-state index contributed by atoms with van der Waals surface area (Å²) in [5.74, 6) is -0.650. The number of rotatable bonds is 3. The monoisotopic (exact) mass is 307 g/mol. The Morgan fingerprint density at radius 2 is 1.61 bits per heavy atom. The molecule has 0 spiro atoms. The first kappa shape index (κ1) is 14.9. The Morgan fingerprint density at radius 3 is 2.26 bits per heavy atom. The molecule has 0 aliphatic carbocycles. The highest BCUT2D eigenvalue weighted by Gasteiger charge is 2.08. The fourth-order valence-corrected chi connectivity index (χ4v) is 2.56. The van der Waals surface area contributed by atoms with Crippen molar-refractivity contribution in [3.05, 3.63) is 65.2 Å². The summed E-state index contributed by atoms with van der Waals surface area (Å²) in [6, 6.07) is 14.4. The third kappa shape index (κ3) is 2.83. The molecule has 3 aromatic rings. The molecule has 0 aromatic heterocycles. The van der Waals surface area contributed by atoms with E-state index in [4.69, 9.17) is 5.11 Å². The van der Waals surface area contributed by atoms with E-state index in [1.807, 2.05) is 32.0 Å². The smallest absolute Gasteiger partial charge is 0.335 e. The van der Waals surface area contributed by atoms with Gasteiger partial charge in [-0.05, 0) is 66.8 Å². The zero-order valence-corrected chi connectivity index (χ0v) is 12.9. The van der Waals surface area contributed by atoms with Gasteiger partial charge in [0, 0.05) is 16.8 Å². The highest BCUT2D eigenvalue weighted by molar-refractivity contribution is 5.93. The molecule has 116 valence electrons. The van der Waals surface area contributed by atoms with E-state index in [0.717, 1.165) is 33.3 Å². The van der Waals surface area contributed by atoms with E-state index >= 15 is 0 Å². The van der Waals surface area contributed by atoms with Crippen LogP contribution in [0.3, 0.4) is 0 Å². The average molecular weight is 307 g/mol. The van der Waals surface area contributed by atoms with Gasteiger partial charge in [-0.2, -0.15) is 0 Å². The van der Waals surface area contributed by atoms with Gasteiger partial charge in [0.2, 0.25) is 0 Å². The average Bonchev–Trinajstić information content (AvgIpc) is 2.54. The number of phenolic OH excluding ortho intramolecular Hbond substituents is 1. The Bertz CT molecular complexity index is 899. The predicted molar refractivity (Wildman–Crippen MR) is 91.8 cm³/mol. The number of aromatic carboxylic acids is 1. The van der Waals surface area contributed by atoms with E-state index in [1.54, 1.807) is 24.3 Å². The molecule has 0 amide bonds. The first-order valence-electron chi connectivity index (χ1n) is 7.29. The van der Waals surface area contributed by atoms with Crippen LogP contribution >= 0.6 is 0 Å². The summed E-state index contributed by atoms with van der Waals surface area (Å²) in [5, 5.41) is 24.2. The fourth-order valence-electron chi connectivity index (χ4n) is 2.56. The molecule has 0 fully saturated rings. The zero-order valence-electron chi connectivity index (χ0n) is 12.9.